The normalized spacial score (nSPS) is 13.8. The number of hydrogen-bond acceptors (Lipinski definition) is 3. The number of phenolic OH excluding ortho intramolecular Hbond substituents is 1. The summed E-state index contributed by atoms with van der Waals surface area (Å²) in [7, 11) is 0. The van der Waals surface area contributed by atoms with Crippen LogP contribution in [0, 0.1) is 6.92 Å². The summed E-state index contributed by atoms with van der Waals surface area (Å²) in [5.41, 5.74) is 1.81. The molecule has 0 spiro atoms. The van der Waals surface area contributed by atoms with E-state index in [-0.39, 0.29) is 11.4 Å². The lowest BCUT2D eigenvalue weighted by atomic mass is 10.1. The topological polar surface area (TPSA) is 57.6 Å². The largest absolute Gasteiger partial charge is 0.506 e. The van der Waals surface area contributed by atoms with Crippen molar-refractivity contribution < 1.29 is 14.7 Å². The Morgan fingerprint density at radius 1 is 0.947 bits per heavy atom. The number of carbonyl (C=O) groups is 2. The second-order valence-corrected chi connectivity index (χ2v) is 4.48. The molecular formula is C15H11NO3. The van der Waals surface area contributed by atoms with Crippen molar-refractivity contribution >= 4 is 17.5 Å². The summed E-state index contributed by atoms with van der Waals surface area (Å²) in [6.45, 7) is 1.83. The molecule has 0 radical (unpaired) electrons. The Morgan fingerprint density at radius 3 is 2.05 bits per heavy atom. The van der Waals surface area contributed by atoms with Gasteiger partial charge >= 0.3 is 0 Å². The summed E-state index contributed by atoms with van der Waals surface area (Å²) >= 11 is 0. The minimum absolute atomic E-state index is 0.0745. The van der Waals surface area contributed by atoms with Gasteiger partial charge in [-0.3, -0.25) is 9.59 Å². The molecule has 1 heterocycles. The lowest BCUT2D eigenvalue weighted by molar-refractivity contribution is 0.0925. The minimum Gasteiger partial charge on any atom is -0.506 e. The van der Waals surface area contributed by atoms with Crippen LogP contribution in [0.3, 0.4) is 0 Å². The number of anilines is 1. The van der Waals surface area contributed by atoms with Gasteiger partial charge in [0.15, 0.2) is 0 Å². The van der Waals surface area contributed by atoms with Gasteiger partial charge < -0.3 is 5.11 Å². The number of carbonyl (C=O) groups excluding carboxylic acids is 2. The molecule has 0 unspecified atom stereocenters. The summed E-state index contributed by atoms with van der Waals surface area (Å²) in [6, 6.07) is 11.5. The zero-order valence-electron chi connectivity index (χ0n) is 10.3. The number of imide groups is 1. The molecule has 2 aromatic carbocycles. The van der Waals surface area contributed by atoms with Crippen molar-refractivity contribution in [2.45, 2.75) is 6.92 Å². The molecule has 0 bridgehead atoms. The van der Waals surface area contributed by atoms with Crippen LogP contribution in [0.4, 0.5) is 5.69 Å². The van der Waals surface area contributed by atoms with Crippen LogP contribution < -0.4 is 4.90 Å². The van der Waals surface area contributed by atoms with Crippen molar-refractivity contribution in [2.24, 2.45) is 0 Å². The van der Waals surface area contributed by atoms with Crippen LogP contribution in [0.1, 0.15) is 26.3 Å². The maximum absolute atomic E-state index is 12.2. The van der Waals surface area contributed by atoms with Crippen LogP contribution in [-0.2, 0) is 0 Å². The average Bonchev–Trinajstić information content (AvgIpc) is 2.64. The Kier molecular flexibility index (Phi) is 2.38. The molecule has 4 nitrogen and oxygen atoms in total. The molecule has 1 aliphatic rings. The van der Waals surface area contributed by atoms with Crippen LogP contribution in [0.15, 0.2) is 42.5 Å². The zero-order chi connectivity index (χ0) is 13.6. The summed E-state index contributed by atoms with van der Waals surface area (Å²) in [4.78, 5) is 25.5. The predicted molar refractivity (Wildman–Crippen MR) is 70.4 cm³/mol. The fourth-order valence-corrected chi connectivity index (χ4v) is 2.23. The SMILES string of the molecule is Cc1ccc(N2C(=O)c3ccccc3C2=O)c(O)c1. The van der Waals surface area contributed by atoms with Crippen LogP contribution in [0.5, 0.6) is 5.75 Å². The molecule has 0 fully saturated rings. The van der Waals surface area contributed by atoms with Gasteiger partial charge in [-0.2, -0.15) is 0 Å². The monoisotopic (exact) mass is 253 g/mol. The molecule has 0 saturated carbocycles. The van der Waals surface area contributed by atoms with E-state index >= 15 is 0 Å². The van der Waals surface area contributed by atoms with Gasteiger partial charge in [0.2, 0.25) is 0 Å². The predicted octanol–water partition coefficient (Wildman–Crippen LogP) is 2.50. The molecule has 2 aromatic rings. The number of aryl methyl sites for hydroxylation is 1. The second-order valence-electron chi connectivity index (χ2n) is 4.48. The molecule has 3 rings (SSSR count). The number of hydrogen-bond donors (Lipinski definition) is 1. The van der Waals surface area contributed by atoms with E-state index in [9.17, 15) is 14.7 Å². The van der Waals surface area contributed by atoms with E-state index < -0.39 is 11.8 Å². The molecule has 2 amide bonds. The lowest BCUT2D eigenvalue weighted by Crippen LogP contribution is -2.29. The number of benzene rings is 2. The number of nitrogens with zero attached hydrogens (tertiary/aromatic N) is 1. The Bertz CT molecular complexity index is 671. The highest BCUT2D eigenvalue weighted by atomic mass is 16.3. The van der Waals surface area contributed by atoms with Crippen LogP contribution in [-0.4, -0.2) is 16.9 Å². The van der Waals surface area contributed by atoms with Crippen molar-refractivity contribution in [3.8, 4) is 5.75 Å². The molecule has 0 atom stereocenters. The van der Waals surface area contributed by atoms with E-state index in [4.69, 9.17) is 0 Å². The Morgan fingerprint density at radius 2 is 1.53 bits per heavy atom. The molecule has 4 heteroatoms. The smallest absolute Gasteiger partial charge is 0.266 e. The van der Waals surface area contributed by atoms with Crippen molar-refractivity contribution in [2.75, 3.05) is 4.90 Å². The Labute approximate surface area is 109 Å². The minimum atomic E-state index is -0.403. The van der Waals surface area contributed by atoms with E-state index in [0.717, 1.165) is 10.5 Å². The van der Waals surface area contributed by atoms with Crippen LogP contribution in [0.2, 0.25) is 0 Å². The summed E-state index contributed by atoms with van der Waals surface area (Å²) in [5, 5.41) is 9.92. The quantitative estimate of drug-likeness (QED) is 0.794. The molecular weight excluding hydrogens is 242 g/mol. The van der Waals surface area contributed by atoms with Gasteiger partial charge in [0.05, 0.1) is 16.8 Å². The molecule has 0 aliphatic carbocycles. The van der Waals surface area contributed by atoms with Gasteiger partial charge in [0.1, 0.15) is 5.75 Å². The number of fused-ring (bicyclic) bond motifs is 1. The first-order chi connectivity index (χ1) is 9.09. The Balaban J connectivity index is 2.14. The first-order valence-corrected chi connectivity index (χ1v) is 5.87. The standard InChI is InChI=1S/C15H11NO3/c1-9-6-7-12(13(17)8-9)16-14(18)10-4-2-3-5-11(10)15(16)19/h2-8,17H,1H3. The maximum atomic E-state index is 12.2. The van der Waals surface area contributed by atoms with E-state index in [1.54, 1.807) is 36.4 Å². The second kappa shape index (κ2) is 3.95. The van der Waals surface area contributed by atoms with Gasteiger partial charge in [0, 0.05) is 0 Å². The fourth-order valence-electron chi connectivity index (χ4n) is 2.23. The van der Waals surface area contributed by atoms with E-state index in [1.807, 2.05) is 6.92 Å². The van der Waals surface area contributed by atoms with Crippen LogP contribution >= 0.6 is 0 Å². The highest BCUT2D eigenvalue weighted by Crippen LogP contribution is 2.34. The molecule has 19 heavy (non-hydrogen) atoms. The molecule has 1 N–H and O–H groups in total. The molecule has 94 valence electrons. The number of phenols is 1. The van der Waals surface area contributed by atoms with Gasteiger partial charge in [-0.1, -0.05) is 18.2 Å². The summed E-state index contributed by atoms with van der Waals surface area (Å²) in [5.74, 6) is -0.881. The van der Waals surface area contributed by atoms with Crippen molar-refractivity contribution in [1.29, 1.82) is 0 Å². The highest BCUT2D eigenvalue weighted by molar-refractivity contribution is 6.34. The average molecular weight is 253 g/mol. The lowest BCUT2D eigenvalue weighted by Gasteiger charge is -2.15. The molecule has 1 aliphatic heterocycles. The van der Waals surface area contributed by atoms with E-state index in [1.165, 1.54) is 6.07 Å². The summed E-state index contributed by atoms with van der Waals surface area (Å²) < 4.78 is 0. The Hall–Kier alpha value is -2.62. The zero-order valence-corrected chi connectivity index (χ0v) is 10.3. The van der Waals surface area contributed by atoms with E-state index in [2.05, 4.69) is 0 Å². The molecule has 0 aromatic heterocycles. The van der Waals surface area contributed by atoms with E-state index in [0.29, 0.717) is 11.1 Å². The van der Waals surface area contributed by atoms with Crippen molar-refractivity contribution in [1.82, 2.24) is 0 Å². The van der Waals surface area contributed by atoms with Crippen molar-refractivity contribution in [3.05, 3.63) is 59.2 Å². The fraction of sp³-hybridized carbons (Fsp3) is 0.0667. The van der Waals surface area contributed by atoms with Crippen LogP contribution in [0.25, 0.3) is 0 Å². The summed E-state index contributed by atoms with van der Waals surface area (Å²) in [6.07, 6.45) is 0. The third-order valence-corrected chi connectivity index (χ3v) is 3.17. The van der Waals surface area contributed by atoms with Gasteiger partial charge in [-0.05, 0) is 36.8 Å². The van der Waals surface area contributed by atoms with Gasteiger partial charge in [-0.15, -0.1) is 0 Å². The van der Waals surface area contributed by atoms with Crippen molar-refractivity contribution in [3.63, 3.8) is 0 Å². The number of amides is 2. The van der Waals surface area contributed by atoms with Gasteiger partial charge in [-0.25, -0.2) is 4.90 Å². The maximum Gasteiger partial charge on any atom is 0.266 e. The number of rotatable bonds is 1. The highest BCUT2D eigenvalue weighted by Gasteiger charge is 2.37. The third-order valence-electron chi connectivity index (χ3n) is 3.17. The molecule has 0 saturated heterocycles. The third kappa shape index (κ3) is 1.61. The first kappa shape index (κ1) is 11.5. The van der Waals surface area contributed by atoms with Gasteiger partial charge in [0.25, 0.3) is 11.8 Å². The number of aromatic hydroxyl groups is 1. The first-order valence-electron chi connectivity index (χ1n) is 5.87.